The summed E-state index contributed by atoms with van der Waals surface area (Å²) >= 11 is 0. The summed E-state index contributed by atoms with van der Waals surface area (Å²) < 4.78 is 0. The minimum absolute atomic E-state index is 0.00421. The van der Waals surface area contributed by atoms with E-state index in [1.807, 2.05) is 6.92 Å². The fourth-order valence-electron chi connectivity index (χ4n) is 3.01. The van der Waals surface area contributed by atoms with Crippen LogP contribution in [0.15, 0.2) is 0 Å². The van der Waals surface area contributed by atoms with Crippen molar-refractivity contribution in [3.8, 4) is 0 Å². The number of nitrogens with two attached hydrogens (primary N) is 1. The van der Waals surface area contributed by atoms with Crippen molar-refractivity contribution >= 4 is 5.91 Å². The van der Waals surface area contributed by atoms with Gasteiger partial charge >= 0.3 is 0 Å². The molecule has 3 atom stereocenters. The highest BCUT2D eigenvalue weighted by Crippen LogP contribution is 2.28. The first kappa shape index (κ1) is 11.9. The monoisotopic (exact) mass is 225 g/mol. The second kappa shape index (κ2) is 5.15. The molecule has 4 nitrogen and oxygen atoms in total. The van der Waals surface area contributed by atoms with Crippen LogP contribution in [0.4, 0.5) is 0 Å². The lowest BCUT2D eigenvalue weighted by Gasteiger charge is -2.23. The Morgan fingerprint density at radius 3 is 3.00 bits per heavy atom. The van der Waals surface area contributed by atoms with E-state index in [-0.39, 0.29) is 11.8 Å². The molecule has 1 amide bonds. The average molecular weight is 225 g/mol. The summed E-state index contributed by atoms with van der Waals surface area (Å²) in [5.74, 6) is 0.152. The Kier molecular flexibility index (Phi) is 3.82. The second-order valence-electron chi connectivity index (χ2n) is 4.99. The van der Waals surface area contributed by atoms with Gasteiger partial charge in [0.15, 0.2) is 0 Å². The number of carbonyl (C=O) groups excluding carboxylic acids is 1. The van der Waals surface area contributed by atoms with E-state index in [9.17, 15) is 4.79 Å². The van der Waals surface area contributed by atoms with Crippen LogP contribution in [-0.4, -0.2) is 42.5 Å². The predicted octanol–water partition coefficient (Wildman–Crippen LogP) is 0.324. The first-order valence-corrected chi connectivity index (χ1v) is 6.50. The molecule has 0 radical (unpaired) electrons. The topological polar surface area (TPSA) is 58.4 Å². The molecule has 0 spiro atoms. The highest BCUT2D eigenvalue weighted by atomic mass is 16.2. The third-order valence-electron chi connectivity index (χ3n) is 4.08. The zero-order chi connectivity index (χ0) is 11.5. The largest absolute Gasteiger partial charge is 0.351 e. The lowest BCUT2D eigenvalue weighted by atomic mass is 10.0. The SMILES string of the molecule is CCC(CN)C(=O)NC1CCN2CCCC12. The molecule has 2 aliphatic rings. The van der Waals surface area contributed by atoms with Crippen molar-refractivity contribution < 1.29 is 4.79 Å². The van der Waals surface area contributed by atoms with Crippen LogP contribution in [0, 0.1) is 5.92 Å². The number of nitrogens with one attached hydrogen (secondary N) is 1. The Morgan fingerprint density at radius 1 is 1.50 bits per heavy atom. The Balaban J connectivity index is 1.87. The fourth-order valence-corrected chi connectivity index (χ4v) is 3.01. The molecule has 3 N–H and O–H groups in total. The van der Waals surface area contributed by atoms with Gasteiger partial charge in [0, 0.05) is 31.1 Å². The Morgan fingerprint density at radius 2 is 2.31 bits per heavy atom. The number of hydrogen-bond acceptors (Lipinski definition) is 3. The van der Waals surface area contributed by atoms with Gasteiger partial charge in [0.1, 0.15) is 0 Å². The Hall–Kier alpha value is -0.610. The van der Waals surface area contributed by atoms with Gasteiger partial charge in [0.05, 0.1) is 0 Å². The minimum atomic E-state index is -0.00421. The van der Waals surface area contributed by atoms with Crippen molar-refractivity contribution in [3.63, 3.8) is 0 Å². The van der Waals surface area contributed by atoms with Crippen molar-refractivity contribution in [1.82, 2.24) is 10.2 Å². The highest BCUT2D eigenvalue weighted by molar-refractivity contribution is 5.79. The van der Waals surface area contributed by atoms with Crippen molar-refractivity contribution in [3.05, 3.63) is 0 Å². The lowest BCUT2D eigenvalue weighted by Crippen LogP contribution is -2.46. The summed E-state index contributed by atoms with van der Waals surface area (Å²) in [6.07, 6.45) is 4.47. The zero-order valence-corrected chi connectivity index (χ0v) is 10.1. The van der Waals surface area contributed by atoms with Crippen LogP contribution < -0.4 is 11.1 Å². The summed E-state index contributed by atoms with van der Waals surface area (Å²) in [5.41, 5.74) is 5.59. The third-order valence-corrected chi connectivity index (χ3v) is 4.08. The van der Waals surface area contributed by atoms with Gasteiger partial charge in [-0.1, -0.05) is 6.92 Å². The molecule has 2 saturated heterocycles. The van der Waals surface area contributed by atoms with Crippen LogP contribution in [0.3, 0.4) is 0 Å². The van der Waals surface area contributed by atoms with E-state index in [4.69, 9.17) is 5.73 Å². The Bertz CT molecular complexity index is 253. The van der Waals surface area contributed by atoms with E-state index in [1.54, 1.807) is 0 Å². The van der Waals surface area contributed by atoms with E-state index in [0.29, 0.717) is 18.6 Å². The van der Waals surface area contributed by atoms with Gasteiger partial charge in [-0.25, -0.2) is 0 Å². The molecule has 3 unspecified atom stereocenters. The van der Waals surface area contributed by atoms with Crippen LogP contribution in [0.5, 0.6) is 0 Å². The van der Waals surface area contributed by atoms with E-state index < -0.39 is 0 Å². The molecule has 0 saturated carbocycles. The maximum absolute atomic E-state index is 11.9. The summed E-state index contributed by atoms with van der Waals surface area (Å²) in [7, 11) is 0. The number of hydrogen-bond donors (Lipinski definition) is 2. The van der Waals surface area contributed by atoms with Crippen molar-refractivity contribution in [2.24, 2.45) is 11.7 Å². The third kappa shape index (κ3) is 2.23. The molecule has 0 aliphatic carbocycles. The standard InChI is InChI=1S/C12H23N3O/c1-2-9(8-13)12(16)14-10-5-7-15-6-3-4-11(10)15/h9-11H,2-8,13H2,1H3,(H,14,16). The van der Waals surface area contributed by atoms with Gasteiger partial charge in [-0.05, 0) is 32.2 Å². The van der Waals surface area contributed by atoms with Crippen molar-refractivity contribution in [2.75, 3.05) is 19.6 Å². The first-order valence-electron chi connectivity index (χ1n) is 6.50. The highest BCUT2D eigenvalue weighted by Gasteiger charge is 2.38. The Labute approximate surface area is 97.6 Å². The quantitative estimate of drug-likeness (QED) is 0.724. The maximum atomic E-state index is 11.9. The van der Waals surface area contributed by atoms with Crippen molar-refractivity contribution in [1.29, 1.82) is 0 Å². The van der Waals surface area contributed by atoms with E-state index >= 15 is 0 Å². The molecule has 92 valence electrons. The van der Waals surface area contributed by atoms with Crippen LogP contribution >= 0.6 is 0 Å². The van der Waals surface area contributed by atoms with Crippen LogP contribution in [-0.2, 0) is 4.79 Å². The number of fused-ring (bicyclic) bond motifs is 1. The molecule has 0 aromatic rings. The molecule has 4 heteroatoms. The normalized spacial score (nSPS) is 31.4. The van der Waals surface area contributed by atoms with Crippen LogP contribution in [0.2, 0.25) is 0 Å². The fraction of sp³-hybridized carbons (Fsp3) is 0.917. The molecule has 0 aromatic heterocycles. The molecule has 2 aliphatic heterocycles. The first-order chi connectivity index (χ1) is 7.76. The van der Waals surface area contributed by atoms with Gasteiger partial charge in [-0.2, -0.15) is 0 Å². The molecule has 16 heavy (non-hydrogen) atoms. The van der Waals surface area contributed by atoms with E-state index in [2.05, 4.69) is 10.2 Å². The predicted molar refractivity (Wildman–Crippen MR) is 64.0 cm³/mol. The van der Waals surface area contributed by atoms with E-state index in [1.165, 1.54) is 19.4 Å². The van der Waals surface area contributed by atoms with Crippen LogP contribution in [0.1, 0.15) is 32.6 Å². The summed E-state index contributed by atoms with van der Waals surface area (Å²) in [5, 5.41) is 3.19. The molecule has 0 bridgehead atoms. The number of nitrogens with zero attached hydrogens (tertiary/aromatic N) is 1. The molecule has 2 fully saturated rings. The second-order valence-corrected chi connectivity index (χ2v) is 4.99. The summed E-state index contributed by atoms with van der Waals surface area (Å²) in [6.45, 7) is 4.84. The average Bonchev–Trinajstić information content (AvgIpc) is 2.85. The number of amides is 1. The molecule has 2 rings (SSSR count). The minimum Gasteiger partial charge on any atom is -0.351 e. The lowest BCUT2D eigenvalue weighted by molar-refractivity contribution is -0.125. The maximum Gasteiger partial charge on any atom is 0.224 e. The number of carbonyl (C=O) groups is 1. The summed E-state index contributed by atoms with van der Waals surface area (Å²) in [4.78, 5) is 14.4. The summed E-state index contributed by atoms with van der Waals surface area (Å²) in [6, 6.07) is 0.967. The molecule has 2 heterocycles. The van der Waals surface area contributed by atoms with Crippen molar-refractivity contribution in [2.45, 2.75) is 44.7 Å². The van der Waals surface area contributed by atoms with Gasteiger partial charge in [0.25, 0.3) is 0 Å². The number of rotatable bonds is 4. The van der Waals surface area contributed by atoms with Gasteiger partial charge < -0.3 is 11.1 Å². The molecular weight excluding hydrogens is 202 g/mol. The van der Waals surface area contributed by atoms with Gasteiger partial charge in [-0.15, -0.1) is 0 Å². The van der Waals surface area contributed by atoms with Gasteiger partial charge in [0.2, 0.25) is 5.91 Å². The zero-order valence-electron chi connectivity index (χ0n) is 10.1. The van der Waals surface area contributed by atoms with E-state index in [0.717, 1.165) is 19.4 Å². The smallest absolute Gasteiger partial charge is 0.224 e. The molecular formula is C12H23N3O. The molecule has 0 aromatic carbocycles. The van der Waals surface area contributed by atoms with Gasteiger partial charge in [-0.3, -0.25) is 9.69 Å². The van der Waals surface area contributed by atoms with Crippen LogP contribution in [0.25, 0.3) is 0 Å².